The average molecular weight is 232 g/mol. The van der Waals surface area contributed by atoms with E-state index in [0.717, 1.165) is 6.42 Å². The zero-order chi connectivity index (χ0) is 12.4. The monoisotopic (exact) mass is 232 g/mol. The quantitative estimate of drug-likeness (QED) is 0.469. The molecule has 0 aliphatic carbocycles. The molecule has 94 valence electrons. The third-order valence-corrected chi connectivity index (χ3v) is 2.18. The van der Waals surface area contributed by atoms with Crippen LogP contribution in [0, 0.1) is 5.92 Å². The third kappa shape index (κ3) is 8.19. The maximum atomic E-state index is 11.3. The van der Waals surface area contributed by atoms with Crippen molar-refractivity contribution in [1.82, 2.24) is 5.32 Å². The lowest BCUT2D eigenvalue weighted by atomic mass is 10.0. The number of hydrogen-bond acceptors (Lipinski definition) is 4. The van der Waals surface area contributed by atoms with Crippen molar-refractivity contribution in [3.63, 3.8) is 0 Å². The van der Waals surface area contributed by atoms with Crippen LogP contribution in [-0.2, 0) is 14.3 Å². The van der Waals surface area contributed by atoms with Crippen LogP contribution in [0.5, 0.6) is 0 Å². The van der Waals surface area contributed by atoms with Crippen LogP contribution in [0.4, 0.5) is 0 Å². The van der Waals surface area contributed by atoms with Gasteiger partial charge in [0.25, 0.3) is 0 Å². The molecule has 0 rings (SSSR count). The topological polar surface area (TPSA) is 102 Å². The normalized spacial score (nSPS) is 12.1. The van der Waals surface area contributed by atoms with Crippen molar-refractivity contribution in [2.45, 2.75) is 19.8 Å². The zero-order valence-corrected chi connectivity index (χ0v) is 9.57. The Labute approximate surface area is 95.1 Å². The number of carbonyl (C=O) groups excluding carboxylic acids is 1. The molecular formula is C10H20N2O4. The summed E-state index contributed by atoms with van der Waals surface area (Å²) in [6, 6.07) is 0. The molecule has 4 N–H and O–H groups in total. The molecule has 0 fully saturated rings. The highest BCUT2D eigenvalue weighted by Gasteiger charge is 2.09. The molecule has 0 aromatic rings. The molecule has 0 saturated carbocycles. The molecule has 0 radical (unpaired) electrons. The first-order valence-corrected chi connectivity index (χ1v) is 5.36. The molecule has 0 heterocycles. The molecule has 0 bridgehead atoms. The predicted molar refractivity (Wildman–Crippen MR) is 58.9 cm³/mol. The number of carboxylic acid groups (broad SMARTS) is 1. The average Bonchev–Trinajstić information content (AvgIpc) is 2.25. The standard InChI is InChI=1S/C10H20N2O4/c1-2-8(6-11)5-9(13)12-3-4-16-7-10(14)15/h8H,2-7,11H2,1H3,(H,12,13)(H,14,15). The Morgan fingerprint density at radius 3 is 2.69 bits per heavy atom. The number of aliphatic carboxylic acids is 1. The summed E-state index contributed by atoms with van der Waals surface area (Å²) in [4.78, 5) is 21.4. The summed E-state index contributed by atoms with van der Waals surface area (Å²) in [6.07, 6.45) is 1.28. The largest absolute Gasteiger partial charge is 0.480 e. The molecule has 0 saturated heterocycles. The minimum absolute atomic E-state index is 0.0729. The molecule has 1 unspecified atom stereocenters. The van der Waals surface area contributed by atoms with Crippen molar-refractivity contribution < 1.29 is 19.4 Å². The van der Waals surface area contributed by atoms with E-state index in [1.807, 2.05) is 6.92 Å². The Hall–Kier alpha value is -1.14. The molecule has 1 atom stereocenters. The second-order valence-electron chi connectivity index (χ2n) is 3.51. The maximum Gasteiger partial charge on any atom is 0.329 e. The minimum atomic E-state index is -1.01. The van der Waals surface area contributed by atoms with E-state index in [9.17, 15) is 9.59 Å². The van der Waals surface area contributed by atoms with Crippen molar-refractivity contribution >= 4 is 11.9 Å². The second kappa shape index (κ2) is 9.11. The molecule has 6 nitrogen and oxygen atoms in total. The number of hydrogen-bond donors (Lipinski definition) is 3. The van der Waals surface area contributed by atoms with E-state index < -0.39 is 5.97 Å². The zero-order valence-electron chi connectivity index (χ0n) is 9.57. The Balaban J connectivity index is 3.46. The fraction of sp³-hybridized carbons (Fsp3) is 0.800. The summed E-state index contributed by atoms with van der Waals surface area (Å²) in [5, 5.41) is 10.9. The molecule has 0 spiro atoms. The number of nitrogens with one attached hydrogen (secondary N) is 1. The molecule has 0 aromatic carbocycles. The minimum Gasteiger partial charge on any atom is -0.480 e. The van der Waals surface area contributed by atoms with Gasteiger partial charge in [-0.2, -0.15) is 0 Å². The third-order valence-electron chi connectivity index (χ3n) is 2.18. The fourth-order valence-electron chi connectivity index (χ4n) is 1.15. The van der Waals surface area contributed by atoms with Gasteiger partial charge in [-0.3, -0.25) is 4.79 Å². The van der Waals surface area contributed by atoms with Crippen molar-refractivity contribution in [3.05, 3.63) is 0 Å². The van der Waals surface area contributed by atoms with Crippen LogP contribution in [-0.4, -0.2) is 43.3 Å². The first kappa shape index (κ1) is 14.9. The highest BCUT2D eigenvalue weighted by molar-refractivity contribution is 5.76. The molecule has 0 aromatic heterocycles. The first-order chi connectivity index (χ1) is 7.60. The maximum absolute atomic E-state index is 11.3. The van der Waals surface area contributed by atoms with Gasteiger partial charge >= 0.3 is 5.97 Å². The summed E-state index contributed by atoms with van der Waals surface area (Å²) >= 11 is 0. The van der Waals surface area contributed by atoms with Crippen molar-refractivity contribution in [2.75, 3.05) is 26.3 Å². The second-order valence-corrected chi connectivity index (χ2v) is 3.51. The van der Waals surface area contributed by atoms with Gasteiger partial charge in [0.15, 0.2) is 0 Å². The smallest absolute Gasteiger partial charge is 0.329 e. The van der Waals surface area contributed by atoms with E-state index in [2.05, 4.69) is 5.32 Å². The Kier molecular flexibility index (Phi) is 8.46. The van der Waals surface area contributed by atoms with Gasteiger partial charge in [0.1, 0.15) is 6.61 Å². The number of nitrogens with two attached hydrogens (primary N) is 1. The number of amides is 1. The highest BCUT2D eigenvalue weighted by Crippen LogP contribution is 2.04. The molecule has 16 heavy (non-hydrogen) atoms. The highest BCUT2D eigenvalue weighted by atomic mass is 16.5. The fourth-order valence-corrected chi connectivity index (χ4v) is 1.15. The lowest BCUT2D eigenvalue weighted by Crippen LogP contribution is -2.30. The van der Waals surface area contributed by atoms with Gasteiger partial charge in [0.2, 0.25) is 5.91 Å². The predicted octanol–water partition coefficient (Wildman–Crippen LogP) is -0.421. The van der Waals surface area contributed by atoms with E-state index in [1.165, 1.54) is 0 Å². The van der Waals surface area contributed by atoms with Gasteiger partial charge in [-0.15, -0.1) is 0 Å². The van der Waals surface area contributed by atoms with E-state index in [1.54, 1.807) is 0 Å². The van der Waals surface area contributed by atoms with Crippen LogP contribution in [0.3, 0.4) is 0 Å². The van der Waals surface area contributed by atoms with Crippen molar-refractivity contribution in [3.8, 4) is 0 Å². The number of carbonyl (C=O) groups is 2. The lowest BCUT2D eigenvalue weighted by Gasteiger charge is -2.11. The number of rotatable bonds is 9. The molecule has 0 aliphatic rings. The van der Waals surface area contributed by atoms with E-state index in [4.69, 9.17) is 15.6 Å². The van der Waals surface area contributed by atoms with Gasteiger partial charge in [-0.05, 0) is 12.5 Å². The number of ether oxygens (including phenoxy) is 1. The van der Waals surface area contributed by atoms with Crippen molar-refractivity contribution in [1.29, 1.82) is 0 Å². The lowest BCUT2D eigenvalue weighted by molar-refractivity contribution is -0.142. The Morgan fingerprint density at radius 1 is 1.50 bits per heavy atom. The molecule has 1 amide bonds. The summed E-state index contributed by atoms with van der Waals surface area (Å²) < 4.78 is 4.76. The van der Waals surface area contributed by atoms with Gasteiger partial charge in [-0.25, -0.2) is 4.79 Å². The summed E-state index contributed by atoms with van der Waals surface area (Å²) in [5.41, 5.74) is 5.47. The van der Waals surface area contributed by atoms with Crippen LogP contribution in [0.2, 0.25) is 0 Å². The summed E-state index contributed by atoms with van der Waals surface area (Å²) in [5.74, 6) is -0.878. The SMILES string of the molecule is CCC(CN)CC(=O)NCCOCC(=O)O. The van der Waals surface area contributed by atoms with Crippen molar-refractivity contribution in [2.24, 2.45) is 11.7 Å². The number of carboxylic acids is 1. The summed E-state index contributed by atoms with van der Waals surface area (Å²) in [7, 11) is 0. The van der Waals surface area contributed by atoms with Crippen LogP contribution < -0.4 is 11.1 Å². The van der Waals surface area contributed by atoms with Gasteiger partial charge in [0.05, 0.1) is 6.61 Å². The molecule has 0 aliphatic heterocycles. The van der Waals surface area contributed by atoms with E-state index in [0.29, 0.717) is 19.5 Å². The molecular weight excluding hydrogens is 212 g/mol. The first-order valence-electron chi connectivity index (χ1n) is 5.36. The Bertz CT molecular complexity index is 217. The molecule has 6 heteroatoms. The van der Waals surface area contributed by atoms with E-state index >= 15 is 0 Å². The summed E-state index contributed by atoms with van der Waals surface area (Å²) in [6.45, 7) is 2.68. The van der Waals surface area contributed by atoms with Crippen LogP contribution in [0.25, 0.3) is 0 Å². The van der Waals surface area contributed by atoms with Crippen LogP contribution >= 0.6 is 0 Å². The van der Waals surface area contributed by atoms with Crippen LogP contribution in [0.1, 0.15) is 19.8 Å². The van der Waals surface area contributed by atoms with E-state index in [-0.39, 0.29) is 25.0 Å². The Morgan fingerprint density at radius 2 is 2.19 bits per heavy atom. The van der Waals surface area contributed by atoms with Gasteiger partial charge < -0.3 is 20.9 Å². The van der Waals surface area contributed by atoms with Crippen LogP contribution in [0.15, 0.2) is 0 Å². The van der Waals surface area contributed by atoms with Gasteiger partial charge in [-0.1, -0.05) is 13.3 Å². The van der Waals surface area contributed by atoms with Gasteiger partial charge in [0, 0.05) is 13.0 Å².